The molecule has 1 heterocycles. The number of nitrogens with one attached hydrogen (secondary N) is 1. The minimum absolute atomic E-state index is 0. The van der Waals surface area contributed by atoms with Gasteiger partial charge in [0.1, 0.15) is 17.9 Å². The normalized spacial score (nSPS) is 12.4. The van der Waals surface area contributed by atoms with E-state index >= 15 is 0 Å². The van der Waals surface area contributed by atoms with Crippen LogP contribution in [0.25, 0.3) is 11.1 Å². The molecule has 0 bridgehead atoms. The Morgan fingerprint density at radius 2 is 1.86 bits per heavy atom. The Balaban J connectivity index is 0.00000481. The average Bonchev–Trinajstić information content (AvgIpc) is 3.41. The number of unbranched alkanes of at least 4 members (excludes halogenated alkanes) is 1. The van der Waals surface area contributed by atoms with E-state index in [0.29, 0.717) is 24.3 Å². The van der Waals surface area contributed by atoms with Crippen LogP contribution < -0.4 is 24.2 Å². The van der Waals surface area contributed by atoms with Crippen LogP contribution in [0.1, 0.15) is 66.0 Å². The van der Waals surface area contributed by atoms with Gasteiger partial charge in [-0.05, 0) is 78.3 Å². The van der Waals surface area contributed by atoms with Gasteiger partial charge in [0, 0.05) is 5.56 Å². The zero-order valence-corrected chi connectivity index (χ0v) is 23.0. The molecule has 8 heteroatoms. The number of hydrogen-bond donors (Lipinski definition) is 2. The second-order valence-electron chi connectivity index (χ2n) is 8.80. The van der Waals surface area contributed by atoms with E-state index < -0.39 is 17.9 Å². The Morgan fingerprint density at radius 1 is 1.08 bits per heavy atom. The van der Waals surface area contributed by atoms with E-state index in [9.17, 15) is 14.7 Å². The number of thioether (sulfide) groups is 1. The molecule has 0 spiro atoms. The average molecular weight is 517 g/mol. The summed E-state index contributed by atoms with van der Waals surface area (Å²) in [6.07, 6.45) is 6.75. The molecule has 2 N–H and O–H groups in total. The van der Waals surface area contributed by atoms with E-state index in [-0.39, 0.29) is 25.0 Å². The Kier molecular flexibility index (Phi) is 13.1. The summed E-state index contributed by atoms with van der Waals surface area (Å²) >= 11 is 1.55. The largest absolute Gasteiger partial charge is 1.00 e. The number of carbonyl (C=O) groups is 2. The monoisotopic (exact) mass is 516 g/mol. The molecule has 0 saturated heterocycles. The van der Waals surface area contributed by atoms with Crippen LogP contribution in [0.5, 0.6) is 0 Å². The molecule has 1 amide bonds. The van der Waals surface area contributed by atoms with Crippen LogP contribution in [0.3, 0.4) is 0 Å². The van der Waals surface area contributed by atoms with Crippen molar-refractivity contribution in [2.45, 2.75) is 58.3 Å². The maximum absolute atomic E-state index is 13.3. The van der Waals surface area contributed by atoms with Gasteiger partial charge in [0.2, 0.25) is 0 Å². The van der Waals surface area contributed by atoms with Gasteiger partial charge in [0.25, 0.3) is 5.91 Å². The van der Waals surface area contributed by atoms with Crippen LogP contribution in [-0.4, -0.2) is 35.0 Å². The van der Waals surface area contributed by atoms with Gasteiger partial charge in [-0.3, -0.25) is 4.79 Å². The number of furan rings is 1. The maximum atomic E-state index is 13.3. The topological polar surface area (TPSA) is 88.8 Å². The minimum Gasteiger partial charge on any atom is -0.480 e. The summed E-state index contributed by atoms with van der Waals surface area (Å²) in [6, 6.07) is 16.3. The zero-order valence-electron chi connectivity index (χ0n) is 22.2. The van der Waals surface area contributed by atoms with Crippen molar-refractivity contribution < 1.29 is 42.7 Å². The van der Waals surface area contributed by atoms with Gasteiger partial charge in [-0.15, -0.1) is 0 Å². The quantitative estimate of drug-likeness (QED) is 0.318. The van der Waals surface area contributed by atoms with E-state index in [2.05, 4.69) is 12.2 Å². The smallest absolute Gasteiger partial charge is 0.480 e. The summed E-state index contributed by atoms with van der Waals surface area (Å²) in [4.78, 5) is 25.0. The zero-order chi connectivity index (χ0) is 25.9. The Labute approximate surface area is 235 Å². The number of carbonyl (C=O) groups excluding carboxylic acids is 1. The van der Waals surface area contributed by atoms with E-state index in [4.69, 9.17) is 9.15 Å². The van der Waals surface area contributed by atoms with Crippen molar-refractivity contribution in [3.63, 3.8) is 0 Å². The number of ether oxygens (including phenoxy) is 1. The second-order valence-corrected chi connectivity index (χ2v) is 9.78. The van der Waals surface area contributed by atoms with Crippen molar-refractivity contribution in [2.75, 3.05) is 12.0 Å². The molecule has 0 radical (unpaired) electrons. The molecule has 0 saturated carbocycles. The molecule has 2 unspecified atom stereocenters. The molecule has 0 aliphatic rings. The van der Waals surface area contributed by atoms with Gasteiger partial charge < -0.3 is 19.6 Å². The van der Waals surface area contributed by atoms with E-state index in [1.165, 1.54) is 0 Å². The second kappa shape index (κ2) is 15.7. The molecular formula is C29H35LiNO5S+. The summed E-state index contributed by atoms with van der Waals surface area (Å²) in [5.74, 6) is 0.0256. The van der Waals surface area contributed by atoms with Crippen LogP contribution in [0.4, 0.5) is 0 Å². The molecule has 2 atom stereocenters. The third-order valence-electron chi connectivity index (χ3n) is 6.11. The molecular weight excluding hydrogens is 481 g/mol. The van der Waals surface area contributed by atoms with Crippen molar-refractivity contribution in [1.82, 2.24) is 5.32 Å². The predicted octanol–water partition coefficient (Wildman–Crippen LogP) is 3.64. The van der Waals surface area contributed by atoms with Crippen molar-refractivity contribution in [1.29, 1.82) is 0 Å². The van der Waals surface area contributed by atoms with Gasteiger partial charge in [-0.1, -0.05) is 50.1 Å². The number of amides is 1. The molecule has 192 valence electrons. The predicted molar refractivity (Wildman–Crippen MR) is 144 cm³/mol. The molecule has 1 aromatic heterocycles. The number of rotatable bonds is 14. The molecule has 0 fully saturated rings. The van der Waals surface area contributed by atoms with Gasteiger partial charge in [0.05, 0.1) is 12.9 Å². The third-order valence-corrected chi connectivity index (χ3v) is 6.75. The molecule has 3 aromatic rings. The summed E-state index contributed by atoms with van der Waals surface area (Å²) in [7, 11) is 0. The van der Waals surface area contributed by atoms with E-state index in [1.54, 1.807) is 24.1 Å². The molecule has 0 aliphatic heterocycles. The van der Waals surface area contributed by atoms with Crippen LogP contribution in [-0.2, 0) is 16.1 Å². The maximum Gasteiger partial charge on any atom is 1.00 e. The fourth-order valence-corrected chi connectivity index (χ4v) is 4.55. The first-order valence-corrected chi connectivity index (χ1v) is 13.7. The SMILES string of the molecule is CCCCC(OCc1ccc(C(=O)NC(CCSC)C(=O)O)c(-c2ccccc2C)c1)c1ccco1.[Li+]. The minimum atomic E-state index is -1.03. The van der Waals surface area contributed by atoms with Gasteiger partial charge in [-0.25, -0.2) is 4.79 Å². The molecule has 0 aliphatic carbocycles. The van der Waals surface area contributed by atoms with Crippen molar-refractivity contribution >= 4 is 23.6 Å². The number of benzene rings is 2. The molecule has 3 rings (SSSR count). The molecule has 37 heavy (non-hydrogen) atoms. The Morgan fingerprint density at radius 3 is 2.51 bits per heavy atom. The summed E-state index contributed by atoms with van der Waals surface area (Å²) in [5, 5.41) is 12.3. The number of aryl methyl sites for hydroxylation is 1. The fraction of sp³-hybridized carbons (Fsp3) is 0.379. The van der Waals surface area contributed by atoms with Gasteiger partial charge >= 0.3 is 24.8 Å². The fourth-order valence-electron chi connectivity index (χ4n) is 4.07. The number of hydrogen-bond acceptors (Lipinski definition) is 5. The number of aliphatic carboxylic acids is 1. The Bertz CT molecular complexity index is 1140. The molecule has 2 aromatic carbocycles. The van der Waals surface area contributed by atoms with Crippen molar-refractivity contribution in [3.05, 3.63) is 83.3 Å². The Hall–Kier alpha value is -2.43. The standard InChI is InChI=1S/C29H35NO5S.Li/c1-4-5-11-27(26-12-8-16-34-26)35-19-21-13-14-23(24(18-21)22-10-7-6-9-20(22)2)28(31)30-25(29(32)33)15-17-36-3;/h6-10,12-14,16,18,25,27H,4-5,11,15,17,19H2,1-3H3,(H,30,31)(H,32,33);/q;+1. The first kappa shape index (κ1) is 30.8. The van der Waals surface area contributed by atoms with Crippen LogP contribution in [0.2, 0.25) is 0 Å². The van der Waals surface area contributed by atoms with Crippen LogP contribution in [0.15, 0.2) is 65.3 Å². The number of carboxylic acid groups (broad SMARTS) is 1. The van der Waals surface area contributed by atoms with Crippen molar-refractivity contribution in [2.24, 2.45) is 0 Å². The summed E-state index contributed by atoms with van der Waals surface area (Å²) in [6.45, 7) is 4.51. The first-order chi connectivity index (χ1) is 17.4. The first-order valence-electron chi connectivity index (χ1n) is 12.3. The van der Waals surface area contributed by atoms with Crippen LogP contribution in [0, 0.1) is 6.92 Å². The summed E-state index contributed by atoms with van der Waals surface area (Å²) < 4.78 is 11.9. The van der Waals surface area contributed by atoms with Crippen LogP contribution >= 0.6 is 11.8 Å². The van der Waals surface area contributed by atoms with E-state index in [0.717, 1.165) is 47.3 Å². The number of carboxylic acids is 1. The summed E-state index contributed by atoms with van der Waals surface area (Å²) in [5.41, 5.74) is 4.07. The van der Waals surface area contributed by atoms with Gasteiger partial charge in [0.15, 0.2) is 0 Å². The van der Waals surface area contributed by atoms with E-state index in [1.807, 2.05) is 61.7 Å². The van der Waals surface area contributed by atoms with Gasteiger partial charge in [-0.2, -0.15) is 11.8 Å². The molecule has 6 nitrogen and oxygen atoms in total. The third kappa shape index (κ3) is 8.82. The van der Waals surface area contributed by atoms with Crippen molar-refractivity contribution in [3.8, 4) is 11.1 Å².